The molecule has 2 N–H and O–H groups in total. The van der Waals surface area contributed by atoms with Crippen LogP contribution in [0.5, 0.6) is 0 Å². The van der Waals surface area contributed by atoms with E-state index in [1.54, 1.807) is 0 Å². The number of hydrogen-bond donors (Lipinski definition) is 1. The molecule has 6 heteroatoms. The van der Waals surface area contributed by atoms with Gasteiger partial charge in [0, 0.05) is 24.6 Å². The number of carbonyl (C=O) groups excluding carboxylic acids is 1. The molecule has 3 rings (SSSR count). The van der Waals surface area contributed by atoms with Crippen molar-refractivity contribution in [1.82, 2.24) is 4.90 Å². The first-order chi connectivity index (χ1) is 11.9. The van der Waals surface area contributed by atoms with E-state index in [1.807, 2.05) is 17.0 Å². The van der Waals surface area contributed by atoms with Gasteiger partial charge in [-0.15, -0.1) is 0 Å². The Morgan fingerprint density at radius 3 is 2.44 bits per heavy atom. The summed E-state index contributed by atoms with van der Waals surface area (Å²) < 4.78 is 22.7. The van der Waals surface area contributed by atoms with Gasteiger partial charge in [-0.05, 0) is 55.2 Å². The molecule has 0 radical (unpaired) electrons. The number of nitrogens with two attached hydrogens (primary N) is 1. The van der Waals surface area contributed by atoms with Crippen molar-refractivity contribution in [2.24, 2.45) is 5.14 Å². The van der Waals surface area contributed by atoms with Crippen molar-refractivity contribution in [2.45, 2.75) is 30.6 Å². The quantitative estimate of drug-likeness (QED) is 0.916. The zero-order valence-electron chi connectivity index (χ0n) is 14.2. The molecule has 1 fully saturated rings. The van der Waals surface area contributed by atoms with Crippen LogP contribution in [0.15, 0.2) is 53.4 Å². The van der Waals surface area contributed by atoms with Gasteiger partial charge >= 0.3 is 0 Å². The van der Waals surface area contributed by atoms with Crippen molar-refractivity contribution >= 4 is 15.9 Å². The standard InChI is InChI=1S/C19H22N2O3S/c1-14-5-2-3-7-18(14)16-6-4-12-21(13-16)19(22)15-8-10-17(11-9-15)25(20,23)24/h2-3,5,7-11,16H,4,6,12-13H2,1H3,(H2,20,23,24)/t16-/m0/s1. The third kappa shape index (κ3) is 3.91. The maximum atomic E-state index is 12.8. The van der Waals surface area contributed by atoms with E-state index >= 15 is 0 Å². The number of likely N-dealkylation sites (tertiary alicyclic amines) is 1. The fraction of sp³-hybridized carbons (Fsp3) is 0.316. The number of aryl methyl sites for hydroxylation is 1. The summed E-state index contributed by atoms with van der Waals surface area (Å²) in [4.78, 5) is 14.6. The van der Waals surface area contributed by atoms with E-state index in [0.29, 0.717) is 18.0 Å². The van der Waals surface area contributed by atoms with Gasteiger partial charge in [-0.3, -0.25) is 4.79 Å². The summed E-state index contributed by atoms with van der Waals surface area (Å²) in [6.07, 6.45) is 2.03. The SMILES string of the molecule is Cc1ccccc1[C@H]1CCCN(C(=O)c2ccc(S(N)(=O)=O)cc2)C1. The molecular formula is C19H22N2O3S. The minimum absolute atomic E-state index is 0.0143. The number of amides is 1. The van der Waals surface area contributed by atoms with Crippen LogP contribution in [0.2, 0.25) is 0 Å². The normalized spacial score (nSPS) is 18.2. The molecule has 1 atom stereocenters. The first kappa shape index (κ1) is 17.6. The second kappa shape index (κ2) is 6.98. The maximum Gasteiger partial charge on any atom is 0.253 e. The van der Waals surface area contributed by atoms with Crippen LogP contribution in [-0.4, -0.2) is 32.3 Å². The van der Waals surface area contributed by atoms with Gasteiger partial charge in [-0.1, -0.05) is 24.3 Å². The largest absolute Gasteiger partial charge is 0.338 e. The zero-order chi connectivity index (χ0) is 18.0. The molecule has 1 amide bonds. The average molecular weight is 358 g/mol. The Morgan fingerprint density at radius 1 is 1.12 bits per heavy atom. The molecule has 0 bridgehead atoms. The Balaban J connectivity index is 1.77. The van der Waals surface area contributed by atoms with Crippen LogP contribution >= 0.6 is 0 Å². The molecule has 0 aromatic heterocycles. The second-order valence-electron chi connectivity index (χ2n) is 6.52. The molecule has 132 valence electrons. The van der Waals surface area contributed by atoms with E-state index in [0.717, 1.165) is 19.4 Å². The highest BCUT2D eigenvalue weighted by atomic mass is 32.2. The molecule has 2 aromatic carbocycles. The molecule has 0 unspecified atom stereocenters. The van der Waals surface area contributed by atoms with Gasteiger partial charge in [0.15, 0.2) is 0 Å². The monoisotopic (exact) mass is 358 g/mol. The van der Waals surface area contributed by atoms with E-state index in [4.69, 9.17) is 5.14 Å². The first-order valence-corrected chi connectivity index (χ1v) is 9.88. The first-order valence-electron chi connectivity index (χ1n) is 8.34. The Kier molecular flexibility index (Phi) is 4.92. The second-order valence-corrected chi connectivity index (χ2v) is 8.08. The molecule has 1 aliphatic rings. The van der Waals surface area contributed by atoms with Gasteiger partial charge in [-0.2, -0.15) is 0 Å². The Hall–Kier alpha value is -2.18. The summed E-state index contributed by atoms with van der Waals surface area (Å²) >= 11 is 0. The van der Waals surface area contributed by atoms with Crippen LogP contribution in [0.1, 0.15) is 40.2 Å². The Bertz CT molecular complexity index is 876. The van der Waals surface area contributed by atoms with Gasteiger partial charge in [0.25, 0.3) is 5.91 Å². The van der Waals surface area contributed by atoms with Crippen LogP contribution in [0.4, 0.5) is 0 Å². The Morgan fingerprint density at radius 2 is 1.80 bits per heavy atom. The summed E-state index contributed by atoms with van der Waals surface area (Å²) in [6, 6.07) is 14.1. The van der Waals surface area contributed by atoms with Crippen LogP contribution < -0.4 is 5.14 Å². The lowest BCUT2D eigenvalue weighted by molar-refractivity contribution is 0.0707. The van der Waals surface area contributed by atoms with Crippen molar-refractivity contribution in [1.29, 1.82) is 0 Å². The fourth-order valence-corrected chi connectivity index (χ4v) is 3.95. The maximum absolute atomic E-state index is 12.8. The lowest BCUT2D eigenvalue weighted by atomic mass is 9.88. The summed E-state index contributed by atoms with van der Waals surface area (Å²) in [6.45, 7) is 3.50. The van der Waals surface area contributed by atoms with Crippen molar-refractivity contribution in [3.63, 3.8) is 0 Å². The summed E-state index contributed by atoms with van der Waals surface area (Å²) in [5.41, 5.74) is 3.03. The zero-order valence-corrected chi connectivity index (χ0v) is 15.0. The minimum atomic E-state index is -3.74. The number of nitrogens with zero attached hydrogens (tertiary/aromatic N) is 1. The summed E-state index contributed by atoms with van der Waals surface area (Å²) in [5, 5.41) is 5.10. The van der Waals surface area contributed by atoms with E-state index < -0.39 is 10.0 Å². The van der Waals surface area contributed by atoms with Crippen molar-refractivity contribution in [3.8, 4) is 0 Å². The van der Waals surface area contributed by atoms with Crippen LogP contribution in [0, 0.1) is 6.92 Å². The van der Waals surface area contributed by atoms with Crippen LogP contribution in [0.25, 0.3) is 0 Å². The number of sulfonamides is 1. The number of piperidine rings is 1. The van der Waals surface area contributed by atoms with E-state index in [9.17, 15) is 13.2 Å². The number of rotatable bonds is 3. The molecule has 1 aliphatic heterocycles. The van der Waals surface area contributed by atoms with E-state index in [-0.39, 0.29) is 10.8 Å². The average Bonchev–Trinajstić information content (AvgIpc) is 2.61. The predicted molar refractivity (Wildman–Crippen MR) is 96.9 cm³/mol. The number of benzene rings is 2. The molecule has 0 spiro atoms. The van der Waals surface area contributed by atoms with Crippen molar-refractivity contribution < 1.29 is 13.2 Å². The Labute approximate surface area is 148 Å². The summed E-state index contributed by atoms with van der Waals surface area (Å²) in [5.74, 6) is 0.266. The molecule has 1 saturated heterocycles. The third-order valence-corrected chi connectivity index (χ3v) is 5.70. The molecule has 1 heterocycles. The number of carbonyl (C=O) groups is 1. The van der Waals surface area contributed by atoms with E-state index in [1.165, 1.54) is 35.4 Å². The highest BCUT2D eigenvalue weighted by Crippen LogP contribution is 2.29. The molecule has 25 heavy (non-hydrogen) atoms. The third-order valence-electron chi connectivity index (χ3n) is 4.77. The van der Waals surface area contributed by atoms with Crippen LogP contribution in [-0.2, 0) is 10.0 Å². The molecule has 5 nitrogen and oxygen atoms in total. The molecular weight excluding hydrogens is 336 g/mol. The highest BCUT2D eigenvalue weighted by Gasteiger charge is 2.26. The van der Waals surface area contributed by atoms with Gasteiger partial charge in [-0.25, -0.2) is 13.6 Å². The van der Waals surface area contributed by atoms with Gasteiger partial charge in [0.2, 0.25) is 10.0 Å². The topological polar surface area (TPSA) is 80.5 Å². The van der Waals surface area contributed by atoms with Gasteiger partial charge < -0.3 is 4.90 Å². The minimum Gasteiger partial charge on any atom is -0.338 e. The van der Waals surface area contributed by atoms with Crippen molar-refractivity contribution in [2.75, 3.05) is 13.1 Å². The molecule has 0 saturated carbocycles. The number of primary sulfonamides is 1. The smallest absolute Gasteiger partial charge is 0.253 e. The van der Waals surface area contributed by atoms with E-state index in [2.05, 4.69) is 19.1 Å². The number of hydrogen-bond acceptors (Lipinski definition) is 3. The molecule has 0 aliphatic carbocycles. The predicted octanol–water partition coefficient (Wildman–Crippen LogP) is 2.66. The fourth-order valence-electron chi connectivity index (χ4n) is 3.43. The lowest BCUT2D eigenvalue weighted by Gasteiger charge is -2.33. The van der Waals surface area contributed by atoms with Gasteiger partial charge in [0.05, 0.1) is 4.90 Å². The summed E-state index contributed by atoms with van der Waals surface area (Å²) in [7, 11) is -3.74. The lowest BCUT2D eigenvalue weighted by Crippen LogP contribution is -2.39. The highest BCUT2D eigenvalue weighted by molar-refractivity contribution is 7.89. The van der Waals surface area contributed by atoms with Crippen LogP contribution in [0.3, 0.4) is 0 Å². The van der Waals surface area contributed by atoms with Crippen molar-refractivity contribution in [3.05, 3.63) is 65.2 Å². The molecule has 2 aromatic rings. The van der Waals surface area contributed by atoms with Gasteiger partial charge in [0.1, 0.15) is 0 Å².